The molecular weight excluding hydrogens is 250 g/mol. The van der Waals surface area contributed by atoms with Crippen molar-refractivity contribution in [1.29, 1.82) is 0 Å². The van der Waals surface area contributed by atoms with Gasteiger partial charge >= 0.3 is 0 Å². The maximum absolute atomic E-state index is 6.12. The lowest BCUT2D eigenvalue weighted by atomic mass is 10.1. The molecule has 0 fully saturated rings. The maximum atomic E-state index is 6.12. The fourth-order valence-corrected chi connectivity index (χ4v) is 2.31. The Morgan fingerprint density at radius 3 is 2.61 bits per heavy atom. The van der Waals surface area contributed by atoms with Crippen molar-refractivity contribution < 1.29 is 4.74 Å². The molecule has 0 unspecified atom stereocenters. The smallest absolute Gasteiger partial charge is 0.148 e. The number of ether oxygens (including phenoxy) is 1. The predicted octanol–water partition coefficient (Wildman–Crippen LogP) is 3.10. The number of hydrogen-bond acceptors (Lipinski definition) is 3. The van der Waals surface area contributed by atoms with E-state index in [1.807, 2.05) is 39.2 Å². The number of benzene rings is 1. The SMILES string of the molecule is CNc1cc(-c2cc(Cl)cc(C)c2OC)n(C)n1. The van der Waals surface area contributed by atoms with Crippen molar-refractivity contribution in [3.05, 3.63) is 28.8 Å². The molecular formula is C13H16ClN3O. The summed E-state index contributed by atoms with van der Waals surface area (Å²) >= 11 is 6.12. The summed E-state index contributed by atoms with van der Waals surface area (Å²) in [7, 11) is 5.40. The van der Waals surface area contributed by atoms with E-state index in [9.17, 15) is 0 Å². The third kappa shape index (κ3) is 2.16. The highest BCUT2D eigenvalue weighted by Crippen LogP contribution is 2.36. The Balaban J connectivity index is 2.65. The van der Waals surface area contributed by atoms with Crippen molar-refractivity contribution in [1.82, 2.24) is 9.78 Å². The zero-order valence-electron chi connectivity index (χ0n) is 10.9. The number of hydrogen-bond donors (Lipinski definition) is 1. The predicted molar refractivity (Wildman–Crippen MR) is 74.5 cm³/mol. The van der Waals surface area contributed by atoms with Crippen LogP contribution < -0.4 is 10.1 Å². The number of aromatic nitrogens is 2. The Kier molecular flexibility index (Phi) is 3.48. The minimum atomic E-state index is 0.690. The van der Waals surface area contributed by atoms with Crippen LogP contribution in [0, 0.1) is 6.92 Å². The van der Waals surface area contributed by atoms with Gasteiger partial charge in [-0.2, -0.15) is 5.10 Å². The summed E-state index contributed by atoms with van der Waals surface area (Å²) in [6.07, 6.45) is 0. The molecule has 2 rings (SSSR count). The molecule has 0 bridgehead atoms. The molecule has 0 spiro atoms. The lowest BCUT2D eigenvalue weighted by Crippen LogP contribution is -1.98. The van der Waals surface area contributed by atoms with E-state index in [1.54, 1.807) is 11.8 Å². The van der Waals surface area contributed by atoms with Gasteiger partial charge in [0.1, 0.15) is 11.6 Å². The zero-order valence-corrected chi connectivity index (χ0v) is 11.7. The first-order valence-corrected chi connectivity index (χ1v) is 6.01. The summed E-state index contributed by atoms with van der Waals surface area (Å²) < 4.78 is 7.27. The topological polar surface area (TPSA) is 39.1 Å². The highest BCUT2D eigenvalue weighted by molar-refractivity contribution is 6.31. The van der Waals surface area contributed by atoms with Gasteiger partial charge in [0.05, 0.1) is 12.8 Å². The van der Waals surface area contributed by atoms with E-state index in [0.717, 1.165) is 28.4 Å². The molecule has 2 aromatic rings. The molecule has 4 nitrogen and oxygen atoms in total. The summed E-state index contributed by atoms with van der Waals surface area (Å²) in [4.78, 5) is 0. The Morgan fingerprint density at radius 1 is 1.33 bits per heavy atom. The van der Waals surface area contributed by atoms with Gasteiger partial charge in [-0.3, -0.25) is 4.68 Å². The molecule has 0 aliphatic rings. The summed E-state index contributed by atoms with van der Waals surface area (Å²) in [5, 5.41) is 8.06. The molecule has 0 aliphatic carbocycles. The fourth-order valence-electron chi connectivity index (χ4n) is 2.03. The molecule has 0 radical (unpaired) electrons. The monoisotopic (exact) mass is 265 g/mol. The summed E-state index contributed by atoms with van der Waals surface area (Å²) in [6.45, 7) is 1.98. The first-order valence-electron chi connectivity index (χ1n) is 5.63. The van der Waals surface area contributed by atoms with E-state index in [2.05, 4.69) is 10.4 Å². The highest BCUT2D eigenvalue weighted by atomic mass is 35.5. The van der Waals surface area contributed by atoms with Crippen molar-refractivity contribution >= 4 is 17.4 Å². The molecule has 18 heavy (non-hydrogen) atoms. The van der Waals surface area contributed by atoms with Crippen LogP contribution in [-0.2, 0) is 7.05 Å². The van der Waals surface area contributed by atoms with Gasteiger partial charge in [-0.1, -0.05) is 11.6 Å². The first-order chi connectivity index (χ1) is 8.56. The van der Waals surface area contributed by atoms with Crippen molar-refractivity contribution in [2.24, 2.45) is 7.05 Å². The lowest BCUT2D eigenvalue weighted by molar-refractivity contribution is 0.413. The zero-order chi connectivity index (χ0) is 13.3. The minimum Gasteiger partial charge on any atom is -0.496 e. The second-order valence-electron chi connectivity index (χ2n) is 4.09. The maximum Gasteiger partial charge on any atom is 0.148 e. The van der Waals surface area contributed by atoms with Crippen LogP contribution in [0.2, 0.25) is 5.02 Å². The number of nitrogens with zero attached hydrogens (tertiary/aromatic N) is 2. The van der Waals surface area contributed by atoms with Crippen molar-refractivity contribution in [3.63, 3.8) is 0 Å². The standard InChI is InChI=1S/C13H16ClN3O/c1-8-5-9(14)6-10(13(8)18-4)11-7-12(15-2)16-17(11)3/h5-7H,1-4H3,(H,15,16). The van der Waals surface area contributed by atoms with E-state index in [4.69, 9.17) is 16.3 Å². The van der Waals surface area contributed by atoms with Crippen LogP contribution in [0.3, 0.4) is 0 Å². The number of methoxy groups -OCH3 is 1. The van der Waals surface area contributed by atoms with E-state index >= 15 is 0 Å². The van der Waals surface area contributed by atoms with Crippen LogP contribution >= 0.6 is 11.6 Å². The molecule has 0 amide bonds. The van der Waals surface area contributed by atoms with E-state index in [0.29, 0.717) is 5.02 Å². The molecule has 1 aromatic heterocycles. The fraction of sp³-hybridized carbons (Fsp3) is 0.308. The number of nitrogens with one attached hydrogen (secondary N) is 1. The largest absolute Gasteiger partial charge is 0.496 e. The normalized spacial score (nSPS) is 10.5. The molecule has 5 heteroatoms. The second kappa shape index (κ2) is 4.90. The van der Waals surface area contributed by atoms with Crippen molar-refractivity contribution in [2.75, 3.05) is 19.5 Å². The van der Waals surface area contributed by atoms with Gasteiger partial charge < -0.3 is 10.1 Å². The van der Waals surface area contributed by atoms with Crippen LogP contribution in [0.5, 0.6) is 5.75 Å². The first kappa shape index (κ1) is 12.8. The molecule has 1 heterocycles. The minimum absolute atomic E-state index is 0.690. The lowest BCUT2D eigenvalue weighted by Gasteiger charge is -2.12. The van der Waals surface area contributed by atoms with Crippen LogP contribution in [0.15, 0.2) is 18.2 Å². The number of aryl methyl sites for hydroxylation is 2. The van der Waals surface area contributed by atoms with Gasteiger partial charge in [0, 0.05) is 30.7 Å². The molecule has 96 valence electrons. The second-order valence-corrected chi connectivity index (χ2v) is 4.53. The van der Waals surface area contributed by atoms with Crippen LogP contribution in [-0.4, -0.2) is 23.9 Å². The third-order valence-electron chi connectivity index (χ3n) is 2.86. The third-order valence-corrected chi connectivity index (χ3v) is 3.07. The van der Waals surface area contributed by atoms with E-state index < -0.39 is 0 Å². The average molecular weight is 266 g/mol. The average Bonchev–Trinajstić information content (AvgIpc) is 2.69. The summed E-state index contributed by atoms with van der Waals surface area (Å²) in [5.41, 5.74) is 2.91. The van der Waals surface area contributed by atoms with Crippen LogP contribution in [0.4, 0.5) is 5.82 Å². The molecule has 1 aromatic carbocycles. The molecule has 0 saturated carbocycles. The number of rotatable bonds is 3. The van der Waals surface area contributed by atoms with Crippen molar-refractivity contribution in [2.45, 2.75) is 6.92 Å². The van der Waals surface area contributed by atoms with Gasteiger partial charge in [0.25, 0.3) is 0 Å². The molecule has 1 N–H and O–H groups in total. The van der Waals surface area contributed by atoms with Gasteiger partial charge in [-0.25, -0.2) is 0 Å². The van der Waals surface area contributed by atoms with Gasteiger partial charge in [0.15, 0.2) is 0 Å². The van der Waals surface area contributed by atoms with Crippen LogP contribution in [0.25, 0.3) is 11.3 Å². The number of anilines is 1. The summed E-state index contributed by atoms with van der Waals surface area (Å²) in [6, 6.07) is 5.75. The van der Waals surface area contributed by atoms with Gasteiger partial charge in [0.2, 0.25) is 0 Å². The molecule has 0 atom stereocenters. The van der Waals surface area contributed by atoms with E-state index in [1.165, 1.54) is 0 Å². The Morgan fingerprint density at radius 2 is 2.06 bits per heavy atom. The Hall–Kier alpha value is -1.68. The molecule has 0 saturated heterocycles. The Bertz CT molecular complexity index is 578. The highest BCUT2D eigenvalue weighted by Gasteiger charge is 2.14. The Labute approximate surface area is 112 Å². The van der Waals surface area contributed by atoms with E-state index in [-0.39, 0.29) is 0 Å². The summed E-state index contributed by atoms with van der Waals surface area (Å²) in [5.74, 6) is 1.64. The van der Waals surface area contributed by atoms with Crippen LogP contribution in [0.1, 0.15) is 5.56 Å². The van der Waals surface area contributed by atoms with Gasteiger partial charge in [-0.15, -0.1) is 0 Å². The quantitative estimate of drug-likeness (QED) is 0.927. The number of halogens is 1. The van der Waals surface area contributed by atoms with Crippen molar-refractivity contribution in [3.8, 4) is 17.0 Å². The van der Waals surface area contributed by atoms with Gasteiger partial charge in [-0.05, 0) is 24.6 Å². The molecule has 0 aliphatic heterocycles.